The maximum Gasteiger partial charge on any atom is 0.326 e. The summed E-state index contributed by atoms with van der Waals surface area (Å²) in [5.41, 5.74) is 0. The topological polar surface area (TPSA) is 98.7 Å². The summed E-state index contributed by atoms with van der Waals surface area (Å²) in [5, 5.41) is 21.9. The van der Waals surface area contributed by atoms with Gasteiger partial charge in [0.1, 0.15) is 6.04 Å². The van der Waals surface area contributed by atoms with E-state index in [0.29, 0.717) is 0 Å². The summed E-state index contributed by atoms with van der Waals surface area (Å²) in [5.74, 6) is -1.20. The van der Waals surface area contributed by atoms with E-state index in [1.165, 1.54) is 0 Å². The van der Waals surface area contributed by atoms with E-state index >= 15 is 0 Å². The van der Waals surface area contributed by atoms with Crippen LogP contribution in [0.1, 0.15) is 6.42 Å². The summed E-state index contributed by atoms with van der Waals surface area (Å²) in [6, 6.07) is -1.78. The predicted octanol–water partition coefficient (Wildman–Crippen LogP) is -0.126. The molecule has 7 heteroatoms. The van der Waals surface area contributed by atoms with Gasteiger partial charge in [-0.3, -0.25) is 0 Å². The summed E-state index contributed by atoms with van der Waals surface area (Å²) in [7, 11) is 0. The summed E-state index contributed by atoms with van der Waals surface area (Å²) in [6.45, 7) is 3.08. The maximum absolute atomic E-state index is 11.1. The standard InChI is InChI=1S/C8H13ClN2O4/c1-5(9)4-10-8(15)11-6(2-3-12)7(13)14/h6,12H,1-4H2,(H,13,14)(H2,10,11,15)/t6-/m0/s1. The van der Waals surface area contributed by atoms with Crippen LogP contribution in [-0.2, 0) is 4.79 Å². The average Bonchev–Trinajstić information content (AvgIpc) is 2.14. The van der Waals surface area contributed by atoms with Gasteiger partial charge in [0, 0.05) is 18.1 Å². The number of urea groups is 1. The van der Waals surface area contributed by atoms with Crippen molar-refractivity contribution in [2.45, 2.75) is 12.5 Å². The molecular weight excluding hydrogens is 224 g/mol. The van der Waals surface area contributed by atoms with E-state index in [-0.39, 0.29) is 24.6 Å². The quantitative estimate of drug-likeness (QED) is 0.517. The first-order chi connectivity index (χ1) is 6.97. The fourth-order valence-electron chi connectivity index (χ4n) is 0.772. The Morgan fingerprint density at radius 3 is 2.47 bits per heavy atom. The molecule has 0 rings (SSSR count). The highest BCUT2D eigenvalue weighted by atomic mass is 35.5. The molecule has 1 atom stereocenters. The second kappa shape index (κ2) is 7.08. The van der Waals surface area contributed by atoms with Crippen molar-refractivity contribution in [1.82, 2.24) is 10.6 Å². The van der Waals surface area contributed by atoms with Gasteiger partial charge in [0.05, 0.1) is 6.54 Å². The number of carbonyl (C=O) groups excluding carboxylic acids is 1. The third kappa shape index (κ3) is 6.75. The third-order valence-electron chi connectivity index (χ3n) is 1.46. The fraction of sp³-hybridized carbons (Fsp3) is 0.500. The van der Waals surface area contributed by atoms with E-state index in [0.717, 1.165) is 0 Å². The van der Waals surface area contributed by atoms with Gasteiger partial charge in [-0.05, 0) is 0 Å². The number of carboxylic acids is 1. The lowest BCUT2D eigenvalue weighted by Gasteiger charge is -2.13. The molecule has 0 bridgehead atoms. The SMILES string of the molecule is C=C(Cl)CNC(=O)N[C@@H](CCO)C(=O)O. The van der Waals surface area contributed by atoms with E-state index in [4.69, 9.17) is 21.8 Å². The Morgan fingerprint density at radius 1 is 1.47 bits per heavy atom. The van der Waals surface area contributed by atoms with Crippen LogP contribution in [0.3, 0.4) is 0 Å². The summed E-state index contributed by atoms with van der Waals surface area (Å²) >= 11 is 5.39. The highest BCUT2D eigenvalue weighted by molar-refractivity contribution is 6.29. The number of nitrogens with one attached hydrogen (secondary N) is 2. The molecule has 0 saturated heterocycles. The zero-order valence-corrected chi connectivity index (χ0v) is 8.75. The van der Waals surface area contributed by atoms with Crippen molar-refractivity contribution in [3.8, 4) is 0 Å². The maximum atomic E-state index is 11.1. The van der Waals surface area contributed by atoms with Crippen molar-refractivity contribution in [2.24, 2.45) is 0 Å². The van der Waals surface area contributed by atoms with Crippen LogP contribution >= 0.6 is 11.6 Å². The third-order valence-corrected chi connectivity index (χ3v) is 1.60. The molecule has 0 aliphatic heterocycles. The van der Waals surface area contributed by atoms with Gasteiger partial charge in [-0.1, -0.05) is 18.2 Å². The second-order valence-electron chi connectivity index (χ2n) is 2.75. The molecule has 0 aliphatic carbocycles. The first-order valence-electron chi connectivity index (χ1n) is 4.18. The molecule has 0 unspecified atom stereocenters. The molecule has 2 amide bonds. The molecule has 86 valence electrons. The second-order valence-corrected chi connectivity index (χ2v) is 3.28. The molecule has 0 aromatic carbocycles. The normalized spacial score (nSPS) is 11.6. The molecule has 0 heterocycles. The number of aliphatic carboxylic acids is 1. The number of halogens is 1. The zero-order chi connectivity index (χ0) is 11.8. The van der Waals surface area contributed by atoms with E-state index in [9.17, 15) is 9.59 Å². The number of aliphatic hydroxyl groups is 1. The average molecular weight is 237 g/mol. The van der Waals surface area contributed by atoms with Gasteiger partial charge in [0.2, 0.25) is 0 Å². The molecular formula is C8H13ClN2O4. The van der Waals surface area contributed by atoms with Crippen LogP contribution in [0.25, 0.3) is 0 Å². The van der Waals surface area contributed by atoms with Gasteiger partial charge < -0.3 is 20.8 Å². The molecule has 0 aromatic heterocycles. The van der Waals surface area contributed by atoms with E-state index in [2.05, 4.69) is 17.2 Å². The number of rotatable bonds is 6. The van der Waals surface area contributed by atoms with Gasteiger partial charge in [0.25, 0.3) is 0 Å². The van der Waals surface area contributed by atoms with Crippen molar-refractivity contribution >= 4 is 23.6 Å². The minimum atomic E-state index is -1.20. The van der Waals surface area contributed by atoms with Crippen molar-refractivity contribution in [2.75, 3.05) is 13.2 Å². The first kappa shape index (κ1) is 13.7. The number of carbonyl (C=O) groups is 2. The monoisotopic (exact) mass is 236 g/mol. The molecule has 4 N–H and O–H groups in total. The van der Waals surface area contributed by atoms with Crippen molar-refractivity contribution in [1.29, 1.82) is 0 Å². The Labute approximate surface area is 91.9 Å². The Bertz CT molecular complexity index is 257. The predicted molar refractivity (Wildman–Crippen MR) is 54.7 cm³/mol. The lowest BCUT2D eigenvalue weighted by Crippen LogP contribution is -2.46. The Balaban J connectivity index is 3.99. The van der Waals surface area contributed by atoms with Crippen molar-refractivity contribution in [3.63, 3.8) is 0 Å². The van der Waals surface area contributed by atoms with Crippen LogP contribution in [0.2, 0.25) is 0 Å². The largest absolute Gasteiger partial charge is 0.480 e. The van der Waals surface area contributed by atoms with Gasteiger partial charge in [-0.2, -0.15) is 0 Å². The van der Waals surface area contributed by atoms with E-state index < -0.39 is 18.0 Å². The van der Waals surface area contributed by atoms with Crippen LogP contribution in [0, 0.1) is 0 Å². The minimum absolute atomic E-state index is 0.0510. The molecule has 0 radical (unpaired) electrons. The zero-order valence-electron chi connectivity index (χ0n) is 7.99. The van der Waals surface area contributed by atoms with Crippen LogP contribution in [0.4, 0.5) is 4.79 Å². The number of amides is 2. The molecule has 15 heavy (non-hydrogen) atoms. The highest BCUT2D eigenvalue weighted by Gasteiger charge is 2.18. The lowest BCUT2D eigenvalue weighted by molar-refractivity contribution is -0.139. The Morgan fingerprint density at radius 2 is 2.07 bits per heavy atom. The first-order valence-corrected chi connectivity index (χ1v) is 4.56. The summed E-state index contributed by atoms with van der Waals surface area (Å²) in [4.78, 5) is 21.6. The van der Waals surface area contributed by atoms with Crippen LogP contribution in [-0.4, -0.2) is 41.4 Å². The van der Waals surface area contributed by atoms with Crippen LogP contribution in [0.5, 0.6) is 0 Å². The lowest BCUT2D eigenvalue weighted by atomic mass is 10.2. The van der Waals surface area contributed by atoms with Gasteiger partial charge in [-0.25, -0.2) is 9.59 Å². The number of aliphatic hydroxyl groups excluding tert-OH is 1. The van der Waals surface area contributed by atoms with Gasteiger partial charge in [-0.15, -0.1) is 0 Å². The summed E-state index contributed by atoms with van der Waals surface area (Å²) < 4.78 is 0. The summed E-state index contributed by atoms with van der Waals surface area (Å²) in [6.07, 6.45) is -0.0510. The highest BCUT2D eigenvalue weighted by Crippen LogP contribution is 1.94. The number of carboxylic acid groups (broad SMARTS) is 1. The molecule has 0 saturated carbocycles. The fourth-order valence-corrected chi connectivity index (χ4v) is 0.839. The van der Waals surface area contributed by atoms with Crippen LogP contribution < -0.4 is 10.6 Å². The van der Waals surface area contributed by atoms with Gasteiger partial charge >= 0.3 is 12.0 Å². The van der Waals surface area contributed by atoms with Crippen molar-refractivity contribution < 1.29 is 19.8 Å². The smallest absolute Gasteiger partial charge is 0.326 e. The van der Waals surface area contributed by atoms with E-state index in [1.54, 1.807) is 0 Å². The number of hydrogen-bond acceptors (Lipinski definition) is 3. The van der Waals surface area contributed by atoms with E-state index in [1.807, 2.05) is 0 Å². The Kier molecular flexibility index (Phi) is 6.48. The van der Waals surface area contributed by atoms with Crippen LogP contribution in [0.15, 0.2) is 11.6 Å². The Hall–Kier alpha value is -1.27. The number of hydrogen-bond donors (Lipinski definition) is 4. The minimum Gasteiger partial charge on any atom is -0.480 e. The molecule has 0 aliphatic rings. The molecule has 6 nitrogen and oxygen atoms in total. The van der Waals surface area contributed by atoms with Crippen molar-refractivity contribution in [3.05, 3.63) is 11.6 Å². The molecule has 0 fully saturated rings. The molecule has 0 aromatic rings. The van der Waals surface area contributed by atoms with Gasteiger partial charge in [0.15, 0.2) is 0 Å². The molecule has 0 spiro atoms.